The fraction of sp³-hybridized carbons (Fsp3) is 0.917. The monoisotopic (exact) mass is 228 g/mol. The predicted molar refractivity (Wildman–Crippen MR) is 64.1 cm³/mol. The van der Waals surface area contributed by atoms with Crippen molar-refractivity contribution in [2.24, 2.45) is 0 Å². The first-order chi connectivity index (χ1) is 7.52. The fourth-order valence-electron chi connectivity index (χ4n) is 2.03. The van der Waals surface area contributed by atoms with E-state index in [0.717, 1.165) is 25.7 Å². The summed E-state index contributed by atoms with van der Waals surface area (Å²) >= 11 is 0. The molecule has 2 atom stereocenters. The Balaban J connectivity index is 2.19. The van der Waals surface area contributed by atoms with E-state index in [-0.39, 0.29) is 24.1 Å². The first-order valence-electron chi connectivity index (χ1n) is 6.27. The fourth-order valence-corrected chi connectivity index (χ4v) is 2.03. The van der Waals surface area contributed by atoms with Gasteiger partial charge >= 0.3 is 0 Å². The van der Waals surface area contributed by atoms with E-state index in [0.29, 0.717) is 6.04 Å². The van der Waals surface area contributed by atoms with Gasteiger partial charge in [0.2, 0.25) is 5.91 Å². The van der Waals surface area contributed by atoms with Gasteiger partial charge in [0.15, 0.2) is 0 Å². The van der Waals surface area contributed by atoms with Gasteiger partial charge in [0.05, 0.1) is 12.1 Å². The molecule has 4 nitrogen and oxygen atoms in total. The number of hydrogen-bond donors (Lipinski definition) is 3. The molecule has 1 rings (SSSR count). The van der Waals surface area contributed by atoms with Crippen LogP contribution in [0.15, 0.2) is 0 Å². The number of aliphatic hydroxyl groups is 1. The summed E-state index contributed by atoms with van der Waals surface area (Å²) in [5.41, 5.74) is 0. The molecule has 16 heavy (non-hydrogen) atoms. The number of rotatable bonds is 6. The number of amides is 1. The van der Waals surface area contributed by atoms with Crippen molar-refractivity contribution in [3.63, 3.8) is 0 Å². The molecule has 1 amide bonds. The second-order valence-corrected chi connectivity index (χ2v) is 4.91. The standard InChI is InChI=1S/C12H24N2O2/c1-4-5-8(2)13-12(16)9(3)14-10-6-11(15)7-10/h8-11,14-15H,4-7H2,1-3H3,(H,13,16). The van der Waals surface area contributed by atoms with Crippen LogP contribution in [-0.4, -0.2) is 35.2 Å². The van der Waals surface area contributed by atoms with Crippen molar-refractivity contribution in [2.75, 3.05) is 0 Å². The number of carbonyl (C=O) groups excluding carboxylic acids is 1. The van der Waals surface area contributed by atoms with Crippen LogP contribution in [0.1, 0.15) is 46.5 Å². The van der Waals surface area contributed by atoms with Gasteiger partial charge in [-0.3, -0.25) is 4.79 Å². The maximum Gasteiger partial charge on any atom is 0.237 e. The summed E-state index contributed by atoms with van der Waals surface area (Å²) in [4.78, 5) is 11.7. The molecule has 0 bridgehead atoms. The lowest BCUT2D eigenvalue weighted by molar-refractivity contribution is -0.124. The van der Waals surface area contributed by atoms with E-state index in [1.807, 2.05) is 13.8 Å². The Morgan fingerprint density at radius 3 is 2.56 bits per heavy atom. The first-order valence-corrected chi connectivity index (χ1v) is 6.27. The molecule has 0 aliphatic heterocycles. The molecule has 4 heteroatoms. The Labute approximate surface area is 97.8 Å². The van der Waals surface area contributed by atoms with E-state index in [2.05, 4.69) is 17.6 Å². The van der Waals surface area contributed by atoms with Gasteiger partial charge < -0.3 is 15.7 Å². The van der Waals surface area contributed by atoms with Gasteiger partial charge in [-0.25, -0.2) is 0 Å². The molecule has 0 saturated heterocycles. The van der Waals surface area contributed by atoms with Gasteiger partial charge in [-0.05, 0) is 33.1 Å². The third-order valence-electron chi connectivity index (χ3n) is 3.10. The van der Waals surface area contributed by atoms with E-state index in [4.69, 9.17) is 5.11 Å². The molecule has 2 unspecified atom stereocenters. The summed E-state index contributed by atoms with van der Waals surface area (Å²) in [5, 5.41) is 15.3. The van der Waals surface area contributed by atoms with Gasteiger partial charge in [0.1, 0.15) is 0 Å². The molecule has 1 aliphatic carbocycles. The average Bonchev–Trinajstić information content (AvgIpc) is 2.15. The van der Waals surface area contributed by atoms with Crippen LogP contribution < -0.4 is 10.6 Å². The smallest absolute Gasteiger partial charge is 0.237 e. The topological polar surface area (TPSA) is 61.4 Å². The van der Waals surface area contributed by atoms with Crippen LogP contribution in [0.4, 0.5) is 0 Å². The third kappa shape index (κ3) is 4.10. The van der Waals surface area contributed by atoms with Gasteiger partial charge in [-0.15, -0.1) is 0 Å². The summed E-state index contributed by atoms with van der Waals surface area (Å²) in [6.45, 7) is 6.01. The van der Waals surface area contributed by atoms with Gasteiger partial charge in [-0.2, -0.15) is 0 Å². The van der Waals surface area contributed by atoms with E-state index in [1.165, 1.54) is 0 Å². The molecule has 0 aromatic carbocycles. The van der Waals surface area contributed by atoms with E-state index in [9.17, 15) is 4.79 Å². The molecule has 0 heterocycles. The minimum atomic E-state index is -0.174. The quantitative estimate of drug-likeness (QED) is 0.630. The maximum atomic E-state index is 11.7. The SMILES string of the molecule is CCCC(C)NC(=O)C(C)NC1CC(O)C1. The highest BCUT2D eigenvalue weighted by molar-refractivity contribution is 5.81. The van der Waals surface area contributed by atoms with Crippen molar-refractivity contribution in [2.45, 2.75) is 70.7 Å². The lowest BCUT2D eigenvalue weighted by Gasteiger charge is -2.34. The van der Waals surface area contributed by atoms with Crippen molar-refractivity contribution in [1.82, 2.24) is 10.6 Å². The normalized spacial score (nSPS) is 28.0. The van der Waals surface area contributed by atoms with Gasteiger partial charge in [-0.1, -0.05) is 13.3 Å². The molecule has 0 radical (unpaired) electrons. The van der Waals surface area contributed by atoms with Gasteiger partial charge in [0.25, 0.3) is 0 Å². The van der Waals surface area contributed by atoms with Crippen molar-refractivity contribution in [3.05, 3.63) is 0 Å². The summed E-state index contributed by atoms with van der Waals surface area (Å²) < 4.78 is 0. The number of carbonyl (C=O) groups is 1. The first kappa shape index (κ1) is 13.5. The predicted octanol–water partition coefficient (Wildman–Crippen LogP) is 0.793. The molecular weight excluding hydrogens is 204 g/mol. The Hall–Kier alpha value is -0.610. The summed E-state index contributed by atoms with van der Waals surface area (Å²) in [5.74, 6) is 0.0577. The largest absolute Gasteiger partial charge is 0.393 e. The molecule has 1 saturated carbocycles. The Morgan fingerprint density at radius 2 is 2.06 bits per heavy atom. The third-order valence-corrected chi connectivity index (χ3v) is 3.10. The summed E-state index contributed by atoms with van der Waals surface area (Å²) in [6.07, 6.45) is 3.45. The highest BCUT2D eigenvalue weighted by Gasteiger charge is 2.29. The minimum absolute atomic E-state index is 0.0577. The Bertz CT molecular complexity index is 227. The lowest BCUT2D eigenvalue weighted by atomic mass is 9.89. The highest BCUT2D eigenvalue weighted by atomic mass is 16.3. The molecule has 0 aromatic rings. The molecule has 94 valence electrons. The molecular formula is C12H24N2O2. The Morgan fingerprint density at radius 1 is 1.44 bits per heavy atom. The van der Waals surface area contributed by atoms with Crippen LogP contribution in [0.2, 0.25) is 0 Å². The summed E-state index contributed by atoms with van der Waals surface area (Å²) in [6, 6.07) is 0.378. The van der Waals surface area contributed by atoms with Crippen LogP contribution in [0.3, 0.4) is 0 Å². The number of nitrogens with one attached hydrogen (secondary N) is 2. The van der Waals surface area contributed by atoms with Crippen LogP contribution in [0.25, 0.3) is 0 Å². The zero-order chi connectivity index (χ0) is 12.1. The van der Waals surface area contributed by atoms with Crippen LogP contribution in [0.5, 0.6) is 0 Å². The second kappa shape index (κ2) is 6.21. The van der Waals surface area contributed by atoms with Crippen molar-refractivity contribution >= 4 is 5.91 Å². The molecule has 3 N–H and O–H groups in total. The zero-order valence-electron chi connectivity index (χ0n) is 10.5. The van der Waals surface area contributed by atoms with Crippen LogP contribution in [0, 0.1) is 0 Å². The second-order valence-electron chi connectivity index (χ2n) is 4.91. The van der Waals surface area contributed by atoms with E-state index < -0.39 is 0 Å². The van der Waals surface area contributed by atoms with Gasteiger partial charge in [0, 0.05) is 12.1 Å². The molecule has 0 aromatic heterocycles. The van der Waals surface area contributed by atoms with Crippen LogP contribution in [-0.2, 0) is 4.79 Å². The van der Waals surface area contributed by atoms with E-state index in [1.54, 1.807) is 0 Å². The number of aliphatic hydroxyl groups excluding tert-OH is 1. The molecule has 1 fully saturated rings. The molecule has 1 aliphatic rings. The highest BCUT2D eigenvalue weighted by Crippen LogP contribution is 2.19. The zero-order valence-corrected chi connectivity index (χ0v) is 10.5. The van der Waals surface area contributed by atoms with Crippen molar-refractivity contribution < 1.29 is 9.90 Å². The van der Waals surface area contributed by atoms with Crippen molar-refractivity contribution in [3.8, 4) is 0 Å². The Kier molecular flexibility index (Phi) is 5.22. The summed E-state index contributed by atoms with van der Waals surface area (Å²) in [7, 11) is 0. The lowest BCUT2D eigenvalue weighted by Crippen LogP contribution is -2.53. The average molecular weight is 228 g/mol. The van der Waals surface area contributed by atoms with Crippen LogP contribution >= 0.6 is 0 Å². The minimum Gasteiger partial charge on any atom is -0.393 e. The van der Waals surface area contributed by atoms with Crippen molar-refractivity contribution in [1.29, 1.82) is 0 Å². The van der Waals surface area contributed by atoms with E-state index >= 15 is 0 Å². The molecule has 0 spiro atoms. The number of hydrogen-bond acceptors (Lipinski definition) is 3. The maximum absolute atomic E-state index is 11.7.